The van der Waals surface area contributed by atoms with E-state index in [0.29, 0.717) is 17.4 Å². The maximum Gasteiger partial charge on any atom is 0.238 e. The number of hydrogen-bond donors (Lipinski definition) is 2. The highest BCUT2D eigenvalue weighted by Crippen LogP contribution is 2.23. The molecule has 18 heavy (non-hydrogen) atoms. The first-order valence-electron chi connectivity index (χ1n) is 5.25. The normalized spacial score (nSPS) is 11.3. The molecule has 3 N–H and O–H groups in total. The van der Waals surface area contributed by atoms with E-state index >= 15 is 0 Å². The topological polar surface area (TPSA) is 89.3 Å². The van der Waals surface area contributed by atoms with Crippen LogP contribution in [0.5, 0.6) is 0 Å². The molecule has 0 atom stereocenters. The van der Waals surface area contributed by atoms with E-state index in [9.17, 15) is 13.2 Å². The Morgan fingerprint density at radius 2 is 2.00 bits per heavy atom. The first-order chi connectivity index (χ1) is 8.25. The van der Waals surface area contributed by atoms with Crippen LogP contribution < -0.4 is 10.5 Å². The fourth-order valence-corrected chi connectivity index (χ4v) is 2.40. The second kappa shape index (κ2) is 5.81. The largest absolute Gasteiger partial charge is 0.326 e. The molecule has 0 saturated heterocycles. The fraction of sp³-hybridized carbons (Fsp3) is 0.364. The van der Waals surface area contributed by atoms with Crippen LogP contribution in [0.15, 0.2) is 17.0 Å². The Morgan fingerprint density at radius 3 is 2.50 bits per heavy atom. The van der Waals surface area contributed by atoms with Crippen LogP contribution in [-0.4, -0.2) is 19.7 Å². The summed E-state index contributed by atoms with van der Waals surface area (Å²) in [4.78, 5) is 11.5. The van der Waals surface area contributed by atoms with Gasteiger partial charge in [0, 0.05) is 17.4 Å². The highest BCUT2D eigenvalue weighted by atomic mass is 79.9. The lowest BCUT2D eigenvalue weighted by molar-refractivity contribution is -0.115. The second-order valence-electron chi connectivity index (χ2n) is 3.94. The van der Waals surface area contributed by atoms with Gasteiger partial charge in [-0.25, -0.2) is 13.6 Å². The third-order valence-electron chi connectivity index (χ3n) is 2.57. The summed E-state index contributed by atoms with van der Waals surface area (Å²) in [5, 5.41) is 8.31. The zero-order valence-corrected chi connectivity index (χ0v) is 12.6. The van der Waals surface area contributed by atoms with E-state index in [-0.39, 0.29) is 10.8 Å². The maximum absolute atomic E-state index is 11.5. The number of alkyl halides is 1. The first-order valence-corrected chi connectivity index (χ1v) is 7.92. The van der Waals surface area contributed by atoms with Crippen LogP contribution in [-0.2, 0) is 14.8 Å². The van der Waals surface area contributed by atoms with Crippen LogP contribution in [0.4, 0.5) is 5.69 Å². The van der Waals surface area contributed by atoms with Crippen molar-refractivity contribution in [2.45, 2.75) is 25.2 Å². The summed E-state index contributed by atoms with van der Waals surface area (Å²) < 4.78 is 22.6. The number of anilines is 1. The summed E-state index contributed by atoms with van der Waals surface area (Å²) in [6, 6.07) is 2.87. The third kappa shape index (κ3) is 3.79. The van der Waals surface area contributed by atoms with Crippen molar-refractivity contribution < 1.29 is 13.2 Å². The highest BCUT2D eigenvalue weighted by Gasteiger charge is 2.13. The van der Waals surface area contributed by atoms with E-state index in [4.69, 9.17) is 5.14 Å². The molecule has 100 valence electrons. The number of sulfonamides is 1. The third-order valence-corrected chi connectivity index (χ3v) is 3.85. The Labute approximate surface area is 115 Å². The summed E-state index contributed by atoms with van der Waals surface area (Å²) in [6.45, 7) is 3.58. The molecular weight excluding hydrogens is 320 g/mol. The molecule has 0 unspecified atom stereocenters. The molecule has 5 nitrogen and oxygen atoms in total. The molecular formula is C11H15BrN2O3S. The smallest absolute Gasteiger partial charge is 0.238 e. The predicted octanol–water partition coefficient (Wildman–Crippen LogP) is 1.67. The second-order valence-corrected chi connectivity index (χ2v) is 6.30. The summed E-state index contributed by atoms with van der Waals surface area (Å²) in [7, 11) is -3.77. The molecule has 0 heterocycles. The van der Waals surface area contributed by atoms with E-state index in [1.165, 1.54) is 12.1 Å². The Morgan fingerprint density at radius 1 is 1.39 bits per heavy atom. The molecule has 0 aliphatic rings. The van der Waals surface area contributed by atoms with Gasteiger partial charge >= 0.3 is 0 Å². The Kier molecular flexibility index (Phi) is 4.89. The SMILES string of the molecule is Cc1cc(S(N)(=O)=O)cc(NC(=O)CCBr)c1C. The standard InChI is InChI=1S/C11H15BrN2O3S/c1-7-5-9(18(13,16)17)6-10(8(7)2)14-11(15)3-4-12/h5-6H,3-4H2,1-2H3,(H,14,15)(H2,13,16,17). The number of hydrogen-bond acceptors (Lipinski definition) is 3. The fourth-order valence-electron chi connectivity index (χ4n) is 1.42. The molecule has 0 aliphatic carbocycles. The van der Waals surface area contributed by atoms with Gasteiger partial charge in [0.2, 0.25) is 15.9 Å². The van der Waals surface area contributed by atoms with E-state index in [1.54, 1.807) is 6.92 Å². The quantitative estimate of drug-likeness (QED) is 0.821. The number of carbonyl (C=O) groups is 1. The van der Waals surface area contributed by atoms with Gasteiger partial charge in [-0.3, -0.25) is 4.79 Å². The number of primary sulfonamides is 1. The molecule has 0 aromatic heterocycles. The van der Waals surface area contributed by atoms with Crippen LogP contribution in [0.2, 0.25) is 0 Å². The average molecular weight is 335 g/mol. The van der Waals surface area contributed by atoms with Crippen molar-refractivity contribution in [1.29, 1.82) is 0 Å². The van der Waals surface area contributed by atoms with Gasteiger partial charge in [-0.1, -0.05) is 15.9 Å². The Bertz CT molecular complexity index is 570. The Balaban J connectivity index is 3.19. The number of benzene rings is 1. The molecule has 0 bridgehead atoms. The minimum atomic E-state index is -3.77. The van der Waals surface area contributed by atoms with Gasteiger partial charge in [-0.2, -0.15) is 0 Å². The molecule has 0 fully saturated rings. The van der Waals surface area contributed by atoms with Gasteiger partial charge < -0.3 is 5.32 Å². The number of aryl methyl sites for hydroxylation is 1. The van der Waals surface area contributed by atoms with Crippen LogP contribution in [0.25, 0.3) is 0 Å². The van der Waals surface area contributed by atoms with Gasteiger partial charge in [-0.15, -0.1) is 0 Å². The first kappa shape index (κ1) is 15.1. The molecule has 0 saturated carbocycles. The summed E-state index contributed by atoms with van der Waals surface area (Å²) in [6.07, 6.45) is 0.318. The van der Waals surface area contributed by atoms with Gasteiger partial charge in [-0.05, 0) is 37.1 Å². The predicted molar refractivity (Wildman–Crippen MR) is 74.3 cm³/mol. The van der Waals surface area contributed by atoms with E-state index in [0.717, 1.165) is 11.1 Å². The number of rotatable bonds is 4. The number of carbonyl (C=O) groups excluding carboxylic acids is 1. The minimum Gasteiger partial charge on any atom is -0.326 e. The van der Waals surface area contributed by atoms with Crippen LogP contribution in [0, 0.1) is 13.8 Å². The number of amides is 1. The molecule has 1 amide bonds. The van der Waals surface area contributed by atoms with Gasteiger partial charge in [0.25, 0.3) is 0 Å². The van der Waals surface area contributed by atoms with Crippen molar-refractivity contribution in [2.75, 3.05) is 10.6 Å². The summed E-state index contributed by atoms with van der Waals surface area (Å²) in [5.41, 5.74) is 2.06. The minimum absolute atomic E-state index is 0.000239. The van der Waals surface area contributed by atoms with Gasteiger partial charge in [0.15, 0.2) is 0 Å². The summed E-state index contributed by atoms with van der Waals surface area (Å²) in [5.74, 6) is -0.180. The number of nitrogens with one attached hydrogen (secondary N) is 1. The van der Waals surface area contributed by atoms with E-state index in [1.807, 2.05) is 6.92 Å². The zero-order valence-electron chi connectivity index (χ0n) is 10.2. The van der Waals surface area contributed by atoms with Crippen molar-refractivity contribution in [3.63, 3.8) is 0 Å². The van der Waals surface area contributed by atoms with E-state index in [2.05, 4.69) is 21.2 Å². The van der Waals surface area contributed by atoms with Crippen LogP contribution in [0.1, 0.15) is 17.5 Å². The lowest BCUT2D eigenvalue weighted by Crippen LogP contribution is -2.16. The van der Waals surface area contributed by atoms with Gasteiger partial charge in [0.1, 0.15) is 0 Å². The Hall–Kier alpha value is -0.920. The molecule has 1 aromatic rings. The zero-order chi connectivity index (χ0) is 13.9. The van der Waals surface area contributed by atoms with Crippen molar-refractivity contribution >= 4 is 37.5 Å². The molecule has 1 aromatic carbocycles. The van der Waals surface area contributed by atoms with Crippen LogP contribution in [0.3, 0.4) is 0 Å². The highest BCUT2D eigenvalue weighted by molar-refractivity contribution is 9.09. The molecule has 0 aliphatic heterocycles. The molecule has 0 radical (unpaired) electrons. The van der Waals surface area contributed by atoms with E-state index < -0.39 is 10.0 Å². The van der Waals surface area contributed by atoms with Crippen molar-refractivity contribution in [3.8, 4) is 0 Å². The maximum atomic E-state index is 11.5. The molecule has 1 rings (SSSR count). The average Bonchev–Trinajstić information content (AvgIpc) is 2.23. The lowest BCUT2D eigenvalue weighted by Gasteiger charge is -2.12. The van der Waals surface area contributed by atoms with Crippen molar-refractivity contribution in [3.05, 3.63) is 23.3 Å². The van der Waals surface area contributed by atoms with Crippen molar-refractivity contribution in [2.24, 2.45) is 5.14 Å². The monoisotopic (exact) mass is 334 g/mol. The van der Waals surface area contributed by atoms with Crippen LogP contribution >= 0.6 is 15.9 Å². The number of halogens is 1. The van der Waals surface area contributed by atoms with Crippen molar-refractivity contribution in [1.82, 2.24) is 0 Å². The van der Waals surface area contributed by atoms with Gasteiger partial charge in [0.05, 0.1) is 4.90 Å². The lowest BCUT2D eigenvalue weighted by atomic mass is 10.1. The molecule has 7 heteroatoms. The number of nitrogens with two attached hydrogens (primary N) is 1. The summed E-state index contributed by atoms with van der Waals surface area (Å²) >= 11 is 3.17. The molecule has 0 spiro atoms.